The van der Waals surface area contributed by atoms with Gasteiger partial charge in [0.15, 0.2) is 0 Å². The van der Waals surface area contributed by atoms with Crippen molar-refractivity contribution in [1.29, 1.82) is 0 Å². The van der Waals surface area contributed by atoms with E-state index in [4.69, 9.17) is 4.74 Å². The molecule has 182 valence electrons. The summed E-state index contributed by atoms with van der Waals surface area (Å²) in [5.41, 5.74) is 2.34. The Morgan fingerprint density at radius 2 is 1.77 bits per heavy atom. The van der Waals surface area contributed by atoms with Crippen molar-refractivity contribution in [2.24, 2.45) is 0 Å². The van der Waals surface area contributed by atoms with Gasteiger partial charge in [0.05, 0.1) is 17.5 Å². The zero-order valence-electron chi connectivity index (χ0n) is 19.7. The van der Waals surface area contributed by atoms with Gasteiger partial charge in [-0.15, -0.1) is 0 Å². The van der Waals surface area contributed by atoms with Crippen molar-refractivity contribution in [2.45, 2.75) is 32.4 Å². The normalized spacial score (nSPS) is 17.3. The van der Waals surface area contributed by atoms with E-state index in [9.17, 15) is 18.8 Å². The minimum absolute atomic E-state index is 0.0415. The number of halogens is 1. The Morgan fingerprint density at radius 3 is 2.43 bits per heavy atom. The largest absolute Gasteiger partial charge is 0.380 e. The molecule has 2 atom stereocenters. The molecule has 0 saturated carbocycles. The summed E-state index contributed by atoms with van der Waals surface area (Å²) in [4.78, 5) is 39.6. The van der Waals surface area contributed by atoms with Crippen LogP contribution in [0.4, 0.5) is 20.6 Å². The van der Waals surface area contributed by atoms with Crippen LogP contribution >= 0.6 is 0 Å². The highest BCUT2D eigenvalue weighted by Crippen LogP contribution is 2.25. The number of carbonyl (C=O) groups is 2. The SMILES string of the molecule is CO[C@@H]1C[C@H](C(=O)Nc2ccc(-n3c(C)cccc3=O)cc2F)N(C(=O)Nc2ccc(C)cc2)C1. The van der Waals surface area contributed by atoms with Gasteiger partial charge in [-0.2, -0.15) is 0 Å². The summed E-state index contributed by atoms with van der Waals surface area (Å²) in [7, 11) is 1.52. The molecule has 8 nitrogen and oxygen atoms in total. The summed E-state index contributed by atoms with van der Waals surface area (Å²) < 4.78 is 21.7. The molecule has 4 rings (SSSR count). The lowest BCUT2D eigenvalue weighted by Gasteiger charge is -2.24. The number of anilines is 2. The summed E-state index contributed by atoms with van der Waals surface area (Å²) in [5.74, 6) is -1.22. The summed E-state index contributed by atoms with van der Waals surface area (Å²) in [6, 6.07) is 15.0. The predicted octanol–water partition coefficient (Wildman–Crippen LogP) is 3.85. The Bertz CT molecular complexity index is 1310. The van der Waals surface area contributed by atoms with E-state index in [0.717, 1.165) is 5.56 Å². The van der Waals surface area contributed by atoms with Crippen LogP contribution in [0.15, 0.2) is 65.5 Å². The molecule has 1 fully saturated rings. The van der Waals surface area contributed by atoms with Crippen LogP contribution in [0.2, 0.25) is 0 Å². The van der Waals surface area contributed by atoms with Gasteiger partial charge < -0.3 is 20.3 Å². The molecule has 1 aliphatic heterocycles. The van der Waals surface area contributed by atoms with E-state index in [-0.39, 0.29) is 30.3 Å². The minimum atomic E-state index is -0.844. The third kappa shape index (κ3) is 5.25. The number of carbonyl (C=O) groups excluding carboxylic acids is 2. The minimum Gasteiger partial charge on any atom is -0.380 e. The molecule has 3 amide bonds. The number of aromatic nitrogens is 1. The third-order valence-electron chi connectivity index (χ3n) is 6.08. The lowest BCUT2D eigenvalue weighted by Crippen LogP contribution is -2.45. The molecular weight excluding hydrogens is 451 g/mol. The Labute approximate surface area is 202 Å². The van der Waals surface area contributed by atoms with E-state index in [2.05, 4.69) is 10.6 Å². The molecule has 35 heavy (non-hydrogen) atoms. The Morgan fingerprint density at radius 1 is 1.03 bits per heavy atom. The molecule has 2 N–H and O–H groups in total. The van der Waals surface area contributed by atoms with Crippen molar-refractivity contribution < 1.29 is 18.7 Å². The van der Waals surface area contributed by atoms with Crippen LogP contribution in [0.5, 0.6) is 0 Å². The molecule has 0 aliphatic carbocycles. The van der Waals surface area contributed by atoms with Gasteiger partial charge in [-0.05, 0) is 44.2 Å². The van der Waals surface area contributed by atoms with Crippen LogP contribution in [-0.4, -0.2) is 47.2 Å². The standard InChI is InChI=1S/C26H27FN4O4/c1-16-7-9-18(10-8-16)28-26(34)30-15-20(35-3)14-23(30)25(33)29-22-12-11-19(13-21(22)27)31-17(2)5-4-6-24(31)32/h4-13,20,23H,14-15H2,1-3H3,(H,28,34)(H,29,33)/t20-,23-/m1/s1. The predicted molar refractivity (Wildman–Crippen MR) is 131 cm³/mol. The molecule has 1 aliphatic rings. The Hall–Kier alpha value is -3.98. The van der Waals surface area contributed by atoms with E-state index in [1.807, 2.05) is 19.1 Å². The van der Waals surface area contributed by atoms with Crippen molar-refractivity contribution in [3.8, 4) is 5.69 Å². The topological polar surface area (TPSA) is 92.7 Å². The maximum Gasteiger partial charge on any atom is 0.322 e. The smallest absolute Gasteiger partial charge is 0.322 e. The van der Waals surface area contributed by atoms with E-state index >= 15 is 0 Å². The zero-order valence-corrected chi connectivity index (χ0v) is 19.7. The lowest BCUT2D eigenvalue weighted by molar-refractivity contribution is -0.119. The van der Waals surface area contributed by atoms with E-state index in [0.29, 0.717) is 17.1 Å². The molecule has 1 saturated heterocycles. The molecule has 3 aromatic rings. The van der Waals surface area contributed by atoms with Gasteiger partial charge >= 0.3 is 6.03 Å². The molecule has 1 aromatic heterocycles. The molecular formula is C26H27FN4O4. The van der Waals surface area contributed by atoms with Gasteiger partial charge in [0, 0.05) is 43.6 Å². The number of nitrogens with one attached hydrogen (secondary N) is 2. The van der Waals surface area contributed by atoms with Gasteiger partial charge in [0.2, 0.25) is 5.91 Å². The van der Waals surface area contributed by atoms with Gasteiger partial charge in [0.25, 0.3) is 5.56 Å². The number of amides is 3. The molecule has 2 aromatic carbocycles. The highest BCUT2D eigenvalue weighted by atomic mass is 19.1. The Balaban J connectivity index is 1.51. The first-order chi connectivity index (χ1) is 16.8. The van der Waals surface area contributed by atoms with Gasteiger partial charge in [-0.3, -0.25) is 14.2 Å². The number of benzene rings is 2. The first-order valence-electron chi connectivity index (χ1n) is 11.2. The van der Waals surface area contributed by atoms with Gasteiger partial charge in [0.1, 0.15) is 11.9 Å². The van der Waals surface area contributed by atoms with Gasteiger partial charge in [-0.1, -0.05) is 23.8 Å². The summed E-state index contributed by atoms with van der Waals surface area (Å²) in [6.07, 6.45) is -0.0447. The van der Waals surface area contributed by atoms with Crippen molar-refractivity contribution in [3.63, 3.8) is 0 Å². The number of urea groups is 1. The van der Waals surface area contributed by atoms with Crippen LogP contribution in [0, 0.1) is 19.7 Å². The number of ether oxygens (including phenoxy) is 1. The fourth-order valence-corrected chi connectivity index (χ4v) is 4.16. The summed E-state index contributed by atoms with van der Waals surface area (Å²) in [6.45, 7) is 3.92. The van der Waals surface area contributed by atoms with Crippen molar-refractivity contribution in [2.75, 3.05) is 24.3 Å². The number of aryl methyl sites for hydroxylation is 2. The van der Waals surface area contributed by atoms with Gasteiger partial charge in [-0.25, -0.2) is 9.18 Å². The van der Waals surface area contributed by atoms with Crippen LogP contribution in [-0.2, 0) is 9.53 Å². The number of rotatable bonds is 5. The van der Waals surface area contributed by atoms with Crippen LogP contribution in [0.25, 0.3) is 5.69 Å². The van der Waals surface area contributed by atoms with Crippen LogP contribution in [0.1, 0.15) is 17.7 Å². The second kappa shape index (κ2) is 10.1. The number of hydrogen-bond donors (Lipinski definition) is 2. The van der Waals surface area contributed by atoms with E-state index in [1.54, 1.807) is 37.3 Å². The zero-order chi connectivity index (χ0) is 25.1. The van der Waals surface area contributed by atoms with Crippen molar-refractivity contribution in [1.82, 2.24) is 9.47 Å². The second-order valence-electron chi connectivity index (χ2n) is 8.55. The monoisotopic (exact) mass is 478 g/mol. The summed E-state index contributed by atoms with van der Waals surface area (Å²) in [5, 5.41) is 5.38. The maximum atomic E-state index is 14.9. The van der Waals surface area contributed by atoms with Crippen molar-refractivity contribution >= 4 is 23.3 Å². The highest BCUT2D eigenvalue weighted by Gasteiger charge is 2.40. The van der Waals surface area contributed by atoms with E-state index in [1.165, 1.54) is 34.8 Å². The van der Waals surface area contributed by atoms with Crippen LogP contribution < -0.4 is 16.2 Å². The molecule has 9 heteroatoms. The maximum absolute atomic E-state index is 14.9. The average molecular weight is 479 g/mol. The van der Waals surface area contributed by atoms with Crippen LogP contribution in [0.3, 0.4) is 0 Å². The quantitative estimate of drug-likeness (QED) is 0.583. The molecule has 0 spiro atoms. The molecule has 0 radical (unpaired) electrons. The molecule has 0 unspecified atom stereocenters. The highest BCUT2D eigenvalue weighted by molar-refractivity contribution is 5.99. The average Bonchev–Trinajstić information content (AvgIpc) is 3.27. The third-order valence-corrected chi connectivity index (χ3v) is 6.08. The fraction of sp³-hybridized carbons (Fsp3) is 0.269. The fourth-order valence-electron chi connectivity index (χ4n) is 4.16. The Kier molecular flexibility index (Phi) is 6.97. The number of methoxy groups -OCH3 is 1. The van der Waals surface area contributed by atoms with E-state index < -0.39 is 23.8 Å². The summed E-state index contributed by atoms with van der Waals surface area (Å²) >= 11 is 0. The lowest BCUT2D eigenvalue weighted by atomic mass is 10.1. The first-order valence-corrected chi connectivity index (χ1v) is 11.2. The number of hydrogen-bond acceptors (Lipinski definition) is 4. The number of pyridine rings is 1. The molecule has 2 heterocycles. The molecule has 0 bridgehead atoms. The number of nitrogens with zero attached hydrogens (tertiary/aromatic N) is 2. The number of likely N-dealkylation sites (tertiary alicyclic amines) is 1. The first kappa shape index (κ1) is 24.2. The second-order valence-corrected chi connectivity index (χ2v) is 8.55. The van der Waals surface area contributed by atoms with Crippen molar-refractivity contribution in [3.05, 3.63) is 88.1 Å².